The summed E-state index contributed by atoms with van der Waals surface area (Å²) in [6.07, 6.45) is 0. The Kier molecular flexibility index (Phi) is 2.57. The minimum Gasteiger partial charge on any atom is -0.480 e. The summed E-state index contributed by atoms with van der Waals surface area (Å²) in [4.78, 5) is 12.1. The Morgan fingerprint density at radius 1 is 1.53 bits per heavy atom. The highest BCUT2D eigenvalue weighted by Crippen LogP contribution is 2.33. The second-order valence-corrected chi connectivity index (χ2v) is 5.96. The van der Waals surface area contributed by atoms with Crippen LogP contribution in [0.4, 0.5) is 10.1 Å². The van der Waals surface area contributed by atoms with E-state index in [1.807, 2.05) is 0 Å². The molecule has 1 atom stereocenters. The van der Waals surface area contributed by atoms with Crippen LogP contribution in [0, 0.1) is 5.82 Å². The van der Waals surface area contributed by atoms with Crippen molar-refractivity contribution in [3.63, 3.8) is 0 Å². The van der Waals surface area contributed by atoms with Gasteiger partial charge in [0.15, 0.2) is 15.1 Å². The van der Waals surface area contributed by atoms with Gasteiger partial charge in [-0.2, -0.15) is 0 Å². The molecule has 0 aromatic heterocycles. The molecule has 1 aliphatic rings. The van der Waals surface area contributed by atoms with Crippen LogP contribution in [-0.2, 0) is 14.6 Å². The maximum Gasteiger partial charge on any atom is 0.324 e. The van der Waals surface area contributed by atoms with Crippen LogP contribution in [0.3, 0.4) is 0 Å². The van der Waals surface area contributed by atoms with Crippen LogP contribution in [0.25, 0.3) is 0 Å². The topological polar surface area (TPSA) is 74.7 Å². The Morgan fingerprint density at radius 2 is 2.18 bits per heavy atom. The van der Waals surface area contributed by atoms with E-state index in [4.69, 9.17) is 5.11 Å². The average molecular weight is 259 g/mol. The molecule has 1 unspecified atom stereocenters. The fraction of sp³-hybridized carbons (Fsp3) is 0.300. The average Bonchev–Trinajstić information content (AvgIpc) is 2.23. The fourth-order valence-electron chi connectivity index (χ4n) is 1.84. The zero-order valence-corrected chi connectivity index (χ0v) is 9.74. The van der Waals surface area contributed by atoms with Crippen LogP contribution in [0.5, 0.6) is 0 Å². The summed E-state index contributed by atoms with van der Waals surface area (Å²) in [6, 6.07) is 3.34. The van der Waals surface area contributed by atoms with Gasteiger partial charge in [-0.1, -0.05) is 0 Å². The molecule has 0 spiro atoms. The van der Waals surface area contributed by atoms with Gasteiger partial charge in [0.2, 0.25) is 0 Å². The van der Waals surface area contributed by atoms with Gasteiger partial charge in [-0.15, -0.1) is 0 Å². The van der Waals surface area contributed by atoms with E-state index in [9.17, 15) is 17.6 Å². The van der Waals surface area contributed by atoms with E-state index in [-0.39, 0.29) is 11.4 Å². The number of hydrogen-bond donors (Lipinski definition) is 1. The number of carboxylic acids is 1. The van der Waals surface area contributed by atoms with Crippen LogP contribution in [0.2, 0.25) is 0 Å². The third-order valence-corrected chi connectivity index (χ3v) is 4.77. The Morgan fingerprint density at radius 3 is 2.76 bits per heavy atom. The van der Waals surface area contributed by atoms with E-state index in [0.717, 1.165) is 12.1 Å². The molecule has 0 fully saturated rings. The SMILES string of the molecule is CN1CC(C(=O)O)S(=O)(=O)c2cc(F)ccc21. The molecule has 0 radical (unpaired) electrons. The molecule has 92 valence electrons. The molecular formula is C10H10FNO4S. The Hall–Kier alpha value is -1.63. The summed E-state index contributed by atoms with van der Waals surface area (Å²) in [5.74, 6) is -2.13. The third-order valence-electron chi connectivity index (χ3n) is 2.73. The lowest BCUT2D eigenvalue weighted by atomic mass is 10.2. The van der Waals surface area contributed by atoms with Crippen LogP contribution in [-0.4, -0.2) is 38.3 Å². The van der Waals surface area contributed by atoms with Crippen molar-refractivity contribution < 1.29 is 22.7 Å². The molecule has 0 saturated heterocycles. The number of carbonyl (C=O) groups is 1. The molecular weight excluding hydrogens is 249 g/mol. The van der Waals surface area contributed by atoms with Gasteiger partial charge < -0.3 is 10.0 Å². The first-order chi connectivity index (χ1) is 7.84. The van der Waals surface area contributed by atoms with Crippen LogP contribution in [0.15, 0.2) is 23.1 Å². The van der Waals surface area contributed by atoms with Gasteiger partial charge in [0.1, 0.15) is 5.82 Å². The molecule has 2 rings (SSSR count). The van der Waals surface area contributed by atoms with Gasteiger partial charge in [0, 0.05) is 13.6 Å². The van der Waals surface area contributed by atoms with Crippen molar-refractivity contribution in [1.82, 2.24) is 0 Å². The molecule has 1 aromatic carbocycles. The van der Waals surface area contributed by atoms with Crippen LogP contribution < -0.4 is 4.90 Å². The van der Waals surface area contributed by atoms with Crippen molar-refractivity contribution in [3.8, 4) is 0 Å². The van der Waals surface area contributed by atoms with E-state index >= 15 is 0 Å². The number of rotatable bonds is 1. The number of fused-ring (bicyclic) bond motifs is 1. The minimum atomic E-state index is -4.02. The standard InChI is InChI=1S/C10H10FNO4S/c1-12-5-9(10(13)14)17(15,16)8-4-6(11)2-3-7(8)12/h2-4,9H,5H2,1H3,(H,13,14). The van der Waals surface area contributed by atoms with Gasteiger partial charge in [0.05, 0.1) is 10.6 Å². The maximum absolute atomic E-state index is 13.1. The number of nitrogens with zero attached hydrogens (tertiary/aromatic N) is 1. The van der Waals surface area contributed by atoms with Crippen LogP contribution >= 0.6 is 0 Å². The number of benzene rings is 1. The molecule has 5 nitrogen and oxygen atoms in total. The van der Waals surface area contributed by atoms with E-state index in [1.54, 1.807) is 7.05 Å². The van der Waals surface area contributed by atoms with Crippen molar-refractivity contribution in [2.45, 2.75) is 10.1 Å². The number of aliphatic carboxylic acids is 1. The van der Waals surface area contributed by atoms with Gasteiger partial charge in [-0.25, -0.2) is 12.8 Å². The number of anilines is 1. The van der Waals surface area contributed by atoms with Gasteiger partial charge >= 0.3 is 5.97 Å². The van der Waals surface area contributed by atoms with Crippen molar-refractivity contribution in [2.75, 3.05) is 18.5 Å². The minimum absolute atomic E-state index is 0.143. The lowest BCUT2D eigenvalue weighted by Crippen LogP contribution is -2.45. The zero-order chi connectivity index (χ0) is 12.8. The monoisotopic (exact) mass is 259 g/mol. The van der Waals surface area contributed by atoms with Crippen molar-refractivity contribution in [2.24, 2.45) is 0 Å². The highest BCUT2D eigenvalue weighted by atomic mass is 32.2. The fourth-order valence-corrected chi connectivity index (χ4v) is 3.62. The molecule has 1 aromatic rings. The highest BCUT2D eigenvalue weighted by molar-refractivity contribution is 7.93. The van der Waals surface area contributed by atoms with Crippen molar-refractivity contribution in [3.05, 3.63) is 24.0 Å². The number of sulfone groups is 1. The number of hydrogen-bond acceptors (Lipinski definition) is 4. The predicted molar refractivity (Wildman–Crippen MR) is 58.3 cm³/mol. The van der Waals surface area contributed by atoms with Crippen molar-refractivity contribution in [1.29, 1.82) is 0 Å². The molecule has 0 aliphatic carbocycles. The summed E-state index contributed by atoms with van der Waals surface area (Å²) < 4.78 is 37.0. The van der Waals surface area contributed by atoms with E-state index < -0.39 is 26.9 Å². The van der Waals surface area contributed by atoms with Gasteiger partial charge in [-0.3, -0.25) is 4.79 Å². The quantitative estimate of drug-likeness (QED) is 0.795. The largest absolute Gasteiger partial charge is 0.480 e. The predicted octanol–water partition coefficient (Wildman–Crippen LogP) is 0.502. The molecule has 17 heavy (non-hydrogen) atoms. The normalized spacial score (nSPS) is 22.0. The van der Waals surface area contributed by atoms with E-state index in [1.165, 1.54) is 11.0 Å². The molecule has 0 saturated carbocycles. The number of carboxylic acid groups (broad SMARTS) is 1. The van der Waals surface area contributed by atoms with Gasteiger partial charge in [0.25, 0.3) is 0 Å². The first-order valence-electron chi connectivity index (χ1n) is 4.81. The van der Waals surface area contributed by atoms with E-state index in [0.29, 0.717) is 5.69 Å². The molecule has 1 aliphatic heterocycles. The summed E-state index contributed by atoms with van der Waals surface area (Å²) in [5.41, 5.74) is 0.323. The summed E-state index contributed by atoms with van der Waals surface area (Å²) in [5, 5.41) is 7.33. The first-order valence-corrected chi connectivity index (χ1v) is 6.36. The van der Waals surface area contributed by atoms with Crippen molar-refractivity contribution >= 4 is 21.5 Å². The summed E-state index contributed by atoms with van der Waals surface area (Å²) in [7, 11) is -2.45. The lowest BCUT2D eigenvalue weighted by molar-refractivity contribution is -0.136. The second-order valence-electron chi connectivity index (χ2n) is 3.86. The zero-order valence-electron chi connectivity index (χ0n) is 8.92. The smallest absolute Gasteiger partial charge is 0.324 e. The molecule has 0 amide bonds. The summed E-state index contributed by atoms with van der Waals surface area (Å²) in [6.45, 7) is -0.143. The second kappa shape index (κ2) is 3.69. The number of halogens is 1. The van der Waals surface area contributed by atoms with Gasteiger partial charge in [-0.05, 0) is 18.2 Å². The molecule has 1 N–H and O–H groups in total. The Bertz CT molecular complexity index is 584. The highest BCUT2D eigenvalue weighted by Gasteiger charge is 2.41. The summed E-state index contributed by atoms with van der Waals surface area (Å²) >= 11 is 0. The Labute approximate surface area is 97.4 Å². The Balaban J connectivity index is 2.69. The molecule has 0 bridgehead atoms. The van der Waals surface area contributed by atoms with Crippen LogP contribution in [0.1, 0.15) is 0 Å². The van der Waals surface area contributed by atoms with E-state index in [2.05, 4.69) is 0 Å². The maximum atomic E-state index is 13.1. The third kappa shape index (κ3) is 1.76. The first kappa shape index (κ1) is 11.8. The molecule has 1 heterocycles. The molecule has 7 heteroatoms. The lowest BCUT2D eigenvalue weighted by Gasteiger charge is -2.31.